The van der Waals surface area contributed by atoms with Gasteiger partial charge in [-0.2, -0.15) is 0 Å². The second-order valence-corrected chi connectivity index (χ2v) is 3.55. The Morgan fingerprint density at radius 2 is 2.46 bits per heavy atom. The molecule has 0 amide bonds. The quantitative estimate of drug-likeness (QED) is 0.639. The Hall–Kier alpha value is -1.14. The van der Waals surface area contributed by atoms with Gasteiger partial charge in [-0.25, -0.2) is 4.98 Å². The van der Waals surface area contributed by atoms with Crippen LogP contribution in [0.1, 0.15) is 12.1 Å². The largest absolute Gasteiger partial charge is 0.480 e. The van der Waals surface area contributed by atoms with E-state index in [1.165, 1.54) is 11.3 Å². The van der Waals surface area contributed by atoms with Crippen LogP contribution in [0.25, 0.3) is 0 Å². The number of nitrogens with zero attached hydrogens (tertiary/aromatic N) is 1. The van der Waals surface area contributed by atoms with Crippen LogP contribution in [-0.2, 0) is 11.2 Å². The number of rotatable bonds is 4. The summed E-state index contributed by atoms with van der Waals surface area (Å²) in [5.74, 6) is -0.983. The molecule has 0 radical (unpaired) electrons. The number of aromatic nitrogens is 1. The highest BCUT2D eigenvalue weighted by Gasteiger charge is 2.11. The fraction of sp³-hybridized carbons (Fsp3) is 0.429. The molecule has 72 valence electrons. The number of thiazole rings is 1. The first-order valence-electron chi connectivity index (χ1n) is 3.78. The Morgan fingerprint density at radius 3 is 2.92 bits per heavy atom. The summed E-state index contributed by atoms with van der Waals surface area (Å²) >= 11 is 1.34. The van der Waals surface area contributed by atoms with E-state index < -0.39 is 12.0 Å². The van der Waals surface area contributed by atoms with Crippen molar-refractivity contribution >= 4 is 22.4 Å². The lowest BCUT2D eigenvalue weighted by atomic mass is 10.1. The zero-order valence-electron chi connectivity index (χ0n) is 6.93. The van der Waals surface area contributed by atoms with Gasteiger partial charge in [0.05, 0.1) is 5.69 Å². The SMILES string of the molecule is Nc1nc(CC[C@H](N)C(=O)O)cs1. The van der Waals surface area contributed by atoms with Crippen molar-refractivity contribution in [2.45, 2.75) is 18.9 Å². The third kappa shape index (κ3) is 3.00. The van der Waals surface area contributed by atoms with Gasteiger partial charge in [0.1, 0.15) is 6.04 Å². The van der Waals surface area contributed by atoms with Gasteiger partial charge < -0.3 is 16.6 Å². The van der Waals surface area contributed by atoms with Crippen molar-refractivity contribution < 1.29 is 9.90 Å². The lowest BCUT2D eigenvalue weighted by Gasteiger charge is -2.03. The van der Waals surface area contributed by atoms with E-state index >= 15 is 0 Å². The van der Waals surface area contributed by atoms with Crippen molar-refractivity contribution in [3.8, 4) is 0 Å². The average Bonchev–Trinajstić information content (AvgIpc) is 2.47. The first-order chi connectivity index (χ1) is 6.09. The van der Waals surface area contributed by atoms with E-state index in [0.717, 1.165) is 5.69 Å². The minimum atomic E-state index is -0.983. The van der Waals surface area contributed by atoms with Crippen molar-refractivity contribution in [3.63, 3.8) is 0 Å². The summed E-state index contributed by atoms with van der Waals surface area (Å²) in [6, 6.07) is -0.817. The molecule has 13 heavy (non-hydrogen) atoms. The molecular formula is C7H11N3O2S. The van der Waals surface area contributed by atoms with Crippen molar-refractivity contribution in [3.05, 3.63) is 11.1 Å². The van der Waals surface area contributed by atoms with Crippen molar-refractivity contribution in [1.29, 1.82) is 0 Å². The number of nitrogens with two attached hydrogens (primary N) is 2. The van der Waals surface area contributed by atoms with E-state index in [9.17, 15) is 4.79 Å². The minimum absolute atomic E-state index is 0.387. The van der Waals surface area contributed by atoms with Crippen LogP contribution in [0.3, 0.4) is 0 Å². The molecule has 0 aliphatic carbocycles. The molecule has 0 saturated carbocycles. The van der Waals surface area contributed by atoms with Crippen LogP contribution in [0.4, 0.5) is 5.13 Å². The second kappa shape index (κ2) is 4.20. The Morgan fingerprint density at radius 1 is 1.77 bits per heavy atom. The number of aryl methyl sites for hydroxylation is 1. The van der Waals surface area contributed by atoms with Gasteiger partial charge in [-0.15, -0.1) is 11.3 Å². The van der Waals surface area contributed by atoms with Crippen LogP contribution in [0.15, 0.2) is 5.38 Å². The molecule has 1 aromatic heterocycles. The summed E-state index contributed by atoms with van der Waals surface area (Å²) in [5.41, 5.74) is 11.5. The van der Waals surface area contributed by atoms with E-state index in [1.807, 2.05) is 5.38 Å². The highest BCUT2D eigenvalue weighted by molar-refractivity contribution is 7.13. The van der Waals surface area contributed by atoms with Gasteiger partial charge in [0.2, 0.25) is 0 Å². The van der Waals surface area contributed by atoms with Crippen LogP contribution >= 0.6 is 11.3 Å². The van der Waals surface area contributed by atoms with E-state index in [0.29, 0.717) is 18.0 Å². The molecule has 0 saturated heterocycles. The molecule has 0 bridgehead atoms. The number of hydrogen-bond donors (Lipinski definition) is 3. The lowest BCUT2D eigenvalue weighted by molar-refractivity contribution is -0.138. The normalized spacial score (nSPS) is 12.7. The number of carboxylic acids is 1. The van der Waals surface area contributed by atoms with Crippen LogP contribution in [0, 0.1) is 0 Å². The maximum absolute atomic E-state index is 10.4. The highest BCUT2D eigenvalue weighted by Crippen LogP contribution is 2.12. The van der Waals surface area contributed by atoms with Gasteiger partial charge in [-0.1, -0.05) is 0 Å². The summed E-state index contributed by atoms with van der Waals surface area (Å²) in [7, 11) is 0. The molecule has 1 heterocycles. The molecule has 1 rings (SSSR count). The van der Waals surface area contributed by atoms with Crippen molar-refractivity contribution in [2.75, 3.05) is 5.73 Å². The number of carboxylic acid groups (broad SMARTS) is 1. The Labute approximate surface area is 79.4 Å². The summed E-state index contributed by atoms with van der Waals surface area (Å²) in [6.45, 7) is 0. The zero-order chi connectivity index (χ0) is 9.84. The van der Waals surface area contributed by atoms with Gasteiger partial charge in [0, 0.05) is 5.38 Å². The first-order valence-corrected chi connectivity index (χ1v) is 4.66. The van der Waals surface area contributed by atoms with Crippen LogP contribution in [0.2, 0.25) is 0 Å². The molecule has 1 atom stereocenters. The average molecular weight is 201 g/mol. The fourth-order valence-electron chi connectivity index (χ4n) is 0.864. The Balaban J connectivity index is 2.39. The molecule has 0 aliphatic rings. The molecule has 0 fully saturated rings. The van der Waals surface area contributed by atoms with Gasteiger partial charge in [0.15, 0.2) is 5.13 Å². The zero-order valence-corrected chi connectivity index (χ0v) is 7.75. The highest BCUT2D eigenvalue weighted by atomic mass is 32.1. The third-order valence-corrected chi connectivity index (χ3v) is 2.32. The Bertz CT molecular complexity index is 300. The predicted octanol–water partition coefficient (Wildman–Crippen LogP) is 0.0698. The minimum Gasteiger partial charge on any atom is -0.480 e. The smallest absolute Gasteiger partial charge is 0.320 e. The van der Waals surface area contributed by atoms with Crippen molar-refractivity contribution in [2.24, 2.45) is 5.73 Å². The number of carbonyl (C=O) groups is 1. The molecule has 0 unspecified atom stereocenters. The summed E-state index contributed by atoms with van der Waals surface area (Å²) in [6.07, 6.45) is 0.944. The Kier molecular flexibility index (Phi) is 3.21. The molecule has 5 N–H and O–H groups in total. The van der Waals surface area contributed by atoms with Gasteiger partial charge >= 0.3 is 5.97 Å². The topological polar surface area (TPSA) is 102 Å². The van der Waals surface area contributed by atoms with E-state index in [1.54, 1.807) is 0 Å². The molecule has 6 heteroatoms. The fourth-order valence-corrected chi connectivity index (χ4v) is 1.46. The third-order valence-electron chi connectivity index (χ3n) is 1.60. The molecule has 5 nitrogen and oxygen atoms in total. The predicted molar refractivity (Wildman–Crippen MR) is 50.5 cm³/mol. The van der Waals surface area contributed by atoms with Crippen LogP contribution in [-0.4, -0.2) is 22.1 Å². The number of aliphatic carboxylic acids is 1. The maximum atomic E-state index is 10.4. The molecule has 1 aromatic rings. The van der Waals surface area contributed by atoms with Crippen LogP contribution in [0.5, 0.6) is 0 Å². The van der Waals surface area contributed by atoms with Gasteiger partial charge in [0.25, 0.3) is 0 Å². The first kappa shape index (κ1) is 9.94. The van der Waals surface area contributed by atoms with Crippen LogP contribution < -0.4 is 11.5 Å². The van der Waals surface area contributed by atoms with E-state index in [4.69, 9.17) is 16.6 Å². The summed E-state index contributed by atoms with van der Waals surface area (Å²) < 4.78 is 0. The summed E-state index contributed by atoms with van der Waals surface area (Å²) in [4.78, 5) is 14.3. The van der Waals surface area contributed by atoms with E-state index in [2.05, 4.69) is 4.98 Å². The monoisotopic (exact) mass is 201 g/mol. The molecular weight excluding hydrogens is 190 g/mol. The lowest BCUT2D eigenvalue weighted by Crippen LogP contribution is -2.30. The number of nitrogen functional groups attached to an aromatic ring is 1. The summed E-state index contributed by atoms with van der Waals surface area (Å²) in [5, 5.41) is 10.8. The van der Waals surface area contributed by atoms with Gasteiger partial charge in [-0.3, -0.25) is 4.79 Å². The maximum Gasteiger partial charge on any atom is 0.320 e. The number of anilines is 1. The second-order valence-electron chi connectivity index (χ2n) is 2.66. The standard InChI is InChI=1S/C7H11N3O2S/c8-5(6(11)12)2-1-4-3-13-7(9)10-4/h3,5H,1-2,8H2,(H2,9,10)(H,11,12)/t5-/m0/s1. The van der Waals surface area contributed by atoms with Gasteiger partial charge in [-0.05, 0) is 12.8 Å². The molecule has 0 spiro atoms. The van der Waals surface area contributed by atoms with Crippen molar-refractivity contribution in [1.82, 2.24) is 4.98 Å². The number of hydrogen-bond acceptors (Lipinski definition) is 5. The van der Waals surface area contributed by atoms with E-state index in [-0.39, 0.29) is 0 Å². The molecule has 0 aliphatic heterocycles. The molecule has 0 aromatic carbocycles.